The van der Waals surface area contributed by atoms with E-state index in [-0.39, 0.29) is 11.4 Å². The minimum Gasteiger partial charge on any atom is -0.477 e. The van der Waals surface area contributed by atoms with Gasteiger partial charge in [-0.15, -0.1) is 0 Å². The Bertz CT molecular complexity index is 663. The van der Waals surface area contributed by atoms with E-state index in [1.54, 1.807) is 13.0 Å². The number of hydrogen-bond donors (Lipinski definition) is 1. The molecule has 1 amide bonds. The molecule has 2 rings (SSSR count). The Morgan fingerprint density at radius 2 is 2.12 bits per heavy atom. The van der Waals surface area contributed by atoms with Crippen LogP contribution in [-0.4, -0.2) is 35.1 Å². The van der Waals surface area contributed by atoms with E-state index in [1.165, 1.54) is 19.2 Å². The first-order valence-corrected chi connectivity index (χ1v) is 8.53. The number of esters is 1. The fourth-order valence-electron chi connectivity index (χ4n) is 2.83. The van der Waals surface area contributed by atoms with Crippen LogP contribution < -0.4 is 10.1 Å². The van der Waals surface area contributed by atoms with Crippen molar-refractivity contribution in [1.82, 2.24) is 10.3 Å². The maximum atomic E-state index is 12.4. The van der Waals surface area contributed by atoms with Gasteiger partial charge in [0.05, 0.1) is 12.7 Å². The van der Waals surface area contributed by atoms with Crippen molar-refractivity contribution in [3.63, 3.8) is 0 Å². The molecule has 0 unspecified atom stereocenters. The maximum absolute atomic E-state index is 12.4. The summed E-state index contributed by atoms with van der Waals surface area (Å²) in [7, 11) is 0. The van der Waals surface area contributed by atoms with E-state index in [1.807, 2.05) is 0 Å². The van der Waals surface area contributed by atoms with Crippen LogP contribution in [-0.2, 0) is 9.53 Å². The first kappa shape index (κ1) is 18.7. The number of ether oxygens (including phenoxy) is 2. The molecule has 0 spiro atoms. The fourth-order valence-corrected chi connectivity index (χ4v) is 2.83. The van der Waals surface area contributed by atoms with E-state index >= 15 is 0 Å². The van der Waals surface area contributed by atoms with E-state index in [0.717, 1.165) is 19.3 Å². The highest BCUT2D eigenvalue weighted by Crippen LogP contribution is 2.27. The minimum absolute atomic E-state index is 0.164. The number of nitrogens with one attached hydrogen (secondary N) is 1. The van der Waals surface area contributed by atoms with E-state index < -0.39 is 23.5 Å². The summed E-state index contributed by atoms with van der Waals surface area (Å²) in [6, 6.07) is 5.34. The zero-order valence-electron chi connectivity index (χ0n) is 14.6. The summed E-state index contributed by atoms with van der Waals surface area (Å²) >= 11 is 0. The summed E-state index contributed by atoms with van der Waals surface area (Å²) in [4.78, 5) is 28.7. The highest BCUT2D eigenvalue weighted by molar-refractivity contribution is 5.94. The average molecular weight is 345 g/mol. The smallest absolute Gasteiger partial charge is 0.344 e. The molecule has 1 aromatic rings. The predicted molar refractivity (Wildman–Crippen MR) is 89.9 cm³/mol. The van der Waals surface area contributed by atoms with E-state index in [2.05, 4.69) is 16.4 Å². The monoisotopic (exact) mass is 345 g/mol. The van der Waals surface area contributed by atoms with Gasteiger partial charge in [0.15, 0.2) is 6.10 Å². The SMILES string of the molecule is CCOc1ncccc1C(=O)O[C@@H](C)C(=O)NC1(C#N)CCCCC1. The summed E-state index contributed by atoms with van der Waals surface area (Å²) in [5.41, 5.74) is -0.697. The lowest BCUT2D eigenvalue weighted by Gasteiger charge is -2.32. The van der Waals surface area contributed by atoms with Crippen molar-refractivity contribution >= 4 is 11.9 Å². The first-order valence-electron chi connectivity index (χ1n) is 8.53. The molecule has 7 nitrogen and oxygen atoms in total. The van der Waals surface area contributed by atoms with Crippen LogP contribution in [0.25, 0.3) is 0 Å². The van der Waals surface area contributed by atoms with Gasteiger partial charge < -0.3 is 14.8 Å². The van der Waals surface area contributed by atoms with Gasteiger partial charge in [0.1, 0.15) is 11.1 Å². The van der Waals surface area contributed by atoms with Gasteiger partial charge in [0, 0.05) is 6.20 Å². The van der Waals surface area contributed by atoms with Crippen LogP contribution in [0, 0.1) is 11.3 Å². The highest BCUT2D eigenvalue weighted by atomic mass is 16.5. The van der Waals surface area contributed by atoms with E-state index in [0.29, 0.717) is 19.4 Å². The molecule has 1 heterocycles. The summed E-state index contributed by atoms with van der Waals surface area (Å²) < 4.78 is 10.5. The van der Waals surface area contributed by atoms with Crippen LogP contribution >= 0.6 is 0 Å². The Labute approximate surface area is 147 Å². The van der Waals surface area contributed by atoms with Crippen molar-refractivity contribution in [2.45, 2.75) is 57.6 Å². The lowest BCUT2D eigenvalue weighted by atomic mass is 9.83. The van der Waals surface area contributed by atoms with Gasteiger partial charge in [0.2, 0.25) is 5.88 Å². The Balaban J connectivity index is 2.01. The molecule has 1 atom stereocenters. The molecule has 0 aromatic carbocycles. The van der Waals surface area contributed by atoms with Gasteiger partial charge in [0.25, 0.3) is 5.91 Å². The van der Waals surface area contributed by atoms with Gasteiger partial charge in [-0.3, -0.25) is 4.79 Å². The molecule has 134 valence electrons. The number of nitriles is 1. The van der Waals surface area contributed by atoms with E-state index in [4.69, 9.17) is 9.47 Å². The second-order valence-electron chi connectivity index (χ2n) is 6.08. The molecule has 1 fully saturated rings. The van der Waals surface area contributed by atoms with Crippen molar-refractivity contribution in [2.24, 2.45) is 0 Å². The molecule has 25 heavy (non-hydrogen) atoms. The molecular weight excluding hydrogens is 322 g/mol. The Hall–Kier alpha value is -2.62. The third kappa shape index (κ3) is 4.69. The van der Waals surface area contributed by atoms with Crippen molar-refractivity contribution < 1.29 is 19.1 Å². The average Bonchev–Trinajstić information content (AvgIpc) is 2.63. The molecule has 0 saturated heterocycles. The number of nitrogens with zero attached hydrogens (tertiary/aromatic N) is 2. The van der Waals surface area contributed by atoms with Gasteiger partial charge in [-0.25, -0.2) is 9.78 Å². The molecule has 1 aliphatic rings. The Morgan fingerprint density at radius 1 is 1.40 bits per heavy atom. The van der Waals surface area contributed by atoms with Crippen molar-refractivity contribution in [3.8, 4) is 11.9 Å². The highest BCUT2D eigenvalue weighted by Gasteiger charge is 2.35. The van der Waals surface area contributed by atoms with Crippen LogP contribution in [0.5, 0.6) is 5.88 Å². The number of carbonyl (C=O) groups excluding carboxylic acids is 2. The van der Waals surface area contributed by atoms with E-state index in [9.17, 15) is 14.9 Å². The molecule has 7 heteroatoms. The van der Waals surface area contributed by atoms with Crippen molar-refractivity contribution in [1.29, 1.82) is 5.26 Å². The van der Waals surface area contributed by atoms with Gasteiger partial charge >= 0.3 is 5.97 Å². The Morgan fingerprint density at radius 3 is 2.76 bits per heavy atom. The van der Waals surface area contributed by atoms with Crippen LogP contribution in [0.1, 0.15) is 56.3 Å². The maximum Gasteiger partial charge on any atom is 0.344 e. The number of pyridine rings is 1. The van der Waals surface area contributed by atoms with Crippen LogP contribution in [0.15, 0.2) is 18.3 Å². The zero-order valence-corrected chi connectivity index (χ0v) is 14.6. The van der Waals surface area contributed by atoms with Crippen LogP contribution in [0.3, 0.4) is 0 Å². The van der Waals surface area contributed by atoms with Crippen molar-refractivity contribution in [2.75, 3.05) is 6.61 Å². The molecule has 1 saturated carbocycles. The summed E-state index contributed by atoms with van der Waals surface area (Å²) in [5.74, 6) is -0.990. The lowest BCUT2D eigenvalue weighted by molar-refractivity contribution is -0.130. The molecule has 0 aliphatic heterocycles. The minimum atomic E-state index is -1.02. The number of hydrogen-bond acceptors (Lipinski definition) is 6. The third-order valence-corrected chi connectivity index (χ3v) is 4.21. The third-order valence-electron chi connectivity index (χ3n) is 4.21. The normalized spacial score (nSPS) is 17.0. The number of rotatable bonds is 6. The molecule has 0 bridgehead atoms. The topological polar surface area (TPSA) is 101 Å². The standard InChI is InChI=1S/C18H23N3O4/c1-3-24-16-14(8-7-11-20-16)17(23)25-13(2)15(22)21-18(12-19)9-5-4-6-10-18/h7-8,11,13H,3-6,9-10H2,1-2H3,(H,21,22)/t13-/m0/s1. The number of amides is 1. The van der Waals surface area contributed by atoms with Crippen LogP contribution in [0.4, 0.5) is 0 Å². The second kappa shape index (κ2) is 8.47. The fraction of sp³-hybridized carbons (Fsp3) is 0.556. The van der Waals surface area contributed by atoms with Crippen LogP contribution in [0.2, 0.25) is 0 Å². The summed E-state index contributed by atoms with van der Waals surface area (Å²) in [5, 5.41) is 12.2. The van der Waals surface area contributed by atoms with Crippen molar-refractivity contribution in [3.05, 3.63) is 23.9 Å². The van der Waals surface area contributed by atoms with Gasteiger partial charge in [-0.05, 0) is 38.8 Å². The quantitative estimate of drug-likeness (QED) is 0.794. The second-order valence-corrected chi connectivity index (χ2v) is 6.08. The molecule has 0 radical (unpaired) electrons. The molecular formula is C18H23N3O4. The van der Waals surface area contributed by atoms with Gasteiger partial charge in [-0.1, -0.05) is 19.3 Å². The number of carbonyl (C=O) groups is 2. The summed E-state index contributed by atoms with van der Waals surface area (Å²) in [6.07, 6.45) is 4.59. The molecule has 1 aromatic heterocycles. The Kier molecular flexibility index (Phi) is 6.34. The zero-order chi connectivity index (χ0) is 18.3. The van der Waals surface area contributed by atoms with Gasteiger partial charge in [-0.2, -0.15) is 5.26 Å². The lowest BCUT2D eigenvalue weighted by Crippen LogP contribution is -2.52. The summed E-state index contributed by atoms with van der Waals surface area (Å²) in [6.45, 7) is 3.63. The predicted octanol–water partition coefficient (Wildman–Crippen LogP) is 2.37. The molecule has 1 N–H and O–H groups in total. The first-order chi connectivity index (χ1) is 12.0. The largest absolute Gasteiger partial charge is 0.477 e. The number of aromatic nitrogens is 1. The molecule has 1 aliphatic carbocycles.